The van der Waals surface area contributed by atoms with E-state index in [9.17, 15) is 4.79 Å². The maximum absolute atomic E-state index is 12.5. The molecule has 2 aliphatic heterocycles. The van der Waals surface area contributed by atoms with Crippen molar-refractivity contribution in [1.82, 2.24) is 0 Å². The molecule has 1 aromatic rings. The molecule has 2 fully saturated rings. The molecule has 2 heterocycles. The van der Waals surface area contributed by atoms with E-state index in [4.69, 9.17) is 10.5 Å². The van der Waals surface area contributed by atoms with Crippen LogP contribution in [-0.4, -0.2) is 38.3 Å². The number of ether oxygens (including phenoxy) is 1. The van der Waals surface area contributed by atoms with E-state index in [1.54, 1.807) is 0 Å². The SMILES string of the molecule is CC1CCN(c2cccc(NC(=O)C(N)C3CCOCC3)c2)CC1. The Hall–Kier alpha value is -1.59. The first-order chi connectivity index (χ1) is 11.6. The van der Waals surface area contributed by atoms with Crippen molar-refractivity contribution in [1.29, 1.82) is 0 Å². The largest absolute Gasteiger partial charge is 0.381 e. The van der Waals surface area contributed by atoms with Crippen molar-refractivity contribution in [3.8, 4) is 0 Å². The first kappa shape index (κ1) is 17.2. The molecule has 1 unspecified atom stereocenters. The van der Waals surface area contributed by atoms with Gasteiger partial charge in [-0.2, -0.15) is 0 Å². The van der Waals surface area contributed by atoms with Crippen LogP contribution in [0.3, 0.4) is 0 Å². The molecule has 5 heteroatoms. The average Bonchev–Trinajstić information content (AvgIpc) is 2.62. The van der Waals surface area contributed by atoms with Crippen molar-refractivity contribution in [3.05, 3.63) is 24.3 Å². The maximum Gasteiger partial charge on any atom is 0.241 e. The molecular formula is C19H29N3O2. The van der Waals surface area contributed by atoms with E-state index in [0.29, 0.717) is 13.2 Å². The van der Waals surface area contributed by atoms with E-state index < -0.39 is 6.04 Å². The molecule has 2 aliphatic rings. The van der Waals surface area contributed by atoms with Crippen LogP contribution in [0.2, 0.25) is 0 Å². The van der Waals surface area contributed by atoms with Gasteiger partial charge < -0.3 is 20.7 Å². The van der Waals surface area contributed by atoms with Crippen molar-refractivity contribution < 1.29 is 9.53 Å². The van der Waals surface area contributed by atoms with Gasteiger partial charge in [0.15, 0.2) is 0 Å². The summed E-state index contributed by atoms with van der Waals surface area (Å²) in [5, 5.41) is 3.00. The van der Waals surface area contributed by atoms with Crippen LogP contribution in [0.15, 0.2) is 24.3 Å². The summed E-state index contributed by atoms with van der Waals surface area (Å²) in [4.78, 5) is 14.8. The minimum absolute atomic E-state index is 0.0914. The molecule has 1 amide bonds. The van der Waals surface area contributed by atoms with Gasteiger partial charge in [0.2, 0.25) is 5.91 Å². The van der Waals surface area contributed by atoms with Gasteiger partial charge in [-0.1, -0.05) is 13.0 Å². The van der Waals surface area contributed by atoms with Gasteiger partial charge in [0.05, 0.1) is 6.04 Å². The zero-order chi connectivity index (χ0) is 16.9. The number of anilines is 2. The van der Waals surface area contributed by atoms with Crippen LogP contribution in [0, 0.1) is 11.8 Å². The van der Waals surface area contributed by atoms with Crippen LogP contribution in [0.4, 0.5) is 11.4 Å². The predicted molar refractivity (Wildman–Crippen MR) is 97.2 cm³/mol. The van der Waals surface area contributed by atoms with E-state index in [-0.39, 0.29) is 11.8 Å². The van der Waals surface area contributed by atoms with E-state index in [0.717, 1.165) is 37.5 Å². The molecule has 24 heavy (non-hydrogen) atoms. The molecule has 2 saturated heterocycles. The zero-order valence-corrected chi connectivity index (χ0v) is 14.5. The summed E-state index contributed by atoms with van der Waals surface area (Å²) in [7, 11) is 0. The highest BCUT2D eigenvalue weighted by Gasteiger charge is 2.26. The van der Waals surface area contributed by atoms with Gasteiger partial charge in [-0.15, -0.1) is 0 Å². The Kier molecular flexibility index (Phi) is 5.74. The summed E-state index contributed by atoms with van der Waals surface area (Å²) in [6, 6.07) is 7.65. The Morgan fingerprint density at radius 3 is 2.67 bits per heavy atom. The van der Waals surface area contributed by atoms with Crippen molar-refractivity contribution >= 4 is 17.3 Å². The normalized spacial score (nSPS) is 21.5. The summed E-state index contributed by atoms with van der Waals surface area (Å²) >= 11 is 0. The lowest BCUT2D eigenvalue weighted by atomic mass is 9.92. The molecule has 0 aliphatic carbocycles. The Morgan fingerprint density at radius 2 is 1.96 bits per heavy atom. The highest BCUT2D eigenvalue weighted by atomic mass is 16.5. The van der Waals surface area contributed by atoms with Crippen molar-refractivity contribution in [2.24, 2.45) is 17.6 Å². The van der Waals surface area contributed by atoms with Crippen molar-refractivity contribution in [2.45, 2.75) is 38.6 Å². The molecule has 132 valence electrons. The number of nitrogens with one attached hydrogen (secondary N) is 1. The number of carbonyl (C=O) groups is 1. The third-order valence-corrected chi connectivity index (χ3v) is 5.34. The summed E-state index contributed by atoms with van der Waals surface area (Å²) in [6.45, 7) is 5.88. The van der Waals surface area contributed by atoms with Crippen LogP contribution in [0.25, 0.3) is 0 Å². The zero-order valence-electron chi connectivity index (χ0n) is 14.5. The lowest BCUT2D eigenvalue weighted by Crippen LogP contribution is -2.44. The fraction of sp³-hybridized carbons (Fsp3) is 0.632. The number of nitrogens with two attached hydrogens (primary N) is 1. The van der Waals surface area contributed by atoms with Crippen LogP contribution in [0.1, 0.15) is 32.6 Å². The third kappa shape index (κ3) is 4.28. The number of piperidine rings is 1. The van der Waals surface area contributed by atoms with Crippen LogP contribution < -0.4 is 16.0 Å². The lowest BCUT2D eigenvalue weighted by Gasteiger charge is -2.32. The summed E-state index contributed by atoms with van der Waals surface area (Å²) < 4.78 is 5.35. The number of hydrogen-bond donors (Lipinski definition) is 2. The summed E-state index contributed by atoms with van der Waals surface area (Å²) in [5.74, 6) is 0.929. The third-order valence-electron chi connectivity index (χ3n) is 5.34. The number of amides is 1. The molecule has 3 rings (SSSR count). The molecule has 1 atom stereocenters. The van der Waals surface area contributed by atoms with Gasteiger partial charge in [0.1, 0.15) is 0 Å². The number of hydrogen-bond acceptors (Lipinski definition) is 4. The fourth-order valence-electron chi connectivity index (χ4n) is 3.56. The second-order valence-electron chi connectivity index (χ2n) is 7.18. The maximum atomic E-state index is 12.5. The van der Waals surface area contributed by atoms with E-state index >= 15 is 0 Å². The van der Waals surface area contributed by atoms with E-state index in [1.165, 1.54) is 18.5 Å². The second-order valence-corrected chi connectivity index (χ2v) is 7.18. The quantitative estimate of drug-likeness (QED) is 0.890. The Labute approximate surface area is 144 Å². The highest BCUT2D eigenvalue weighted by molar-refractivity contribution is 5.95. The van der Waals surface area contributed by atoms with Crippen LogP contribution in [0.5, 0.6) is 0 Å². The second kappa shape index (κ2) is 7.99. The molecule has 0 aromatic heterocycles. The molecule has 0 spiro atoms. The molecule has 5 nitrogen and oxygen atoms in total. The standard InChI is InChI=1S/C19H29N3O2/c1-14-5-9-22(10-6-14)17-4-2-3-16(13-17)21-19(23)18(20)15-7-11-24-12-8-15/h2-4,13-15,18H,5-12,20H2,1H3,(H,21,23). The Balaban J connectivity index is 1.60. The van der Waals surface area contributed by atoms with Gasteiger partial charge in [-0.3, -0.25) is 4.79 Å². The topological polar surface area (TPSA) is 67.6 Å². The van der Waals surface area contributed by atoms with E-state index in [1.807, 2.05) is 12.1 Å². The molecule has 1 aromatic carbocycles. The lowest BCUT2D eigenvalue weighted by molar-refractivity contribution is -0.119. The van der Waals surface area contributed by atoms with Gasteiger partial charge in [0.25, 0.3) is 0 Å². The smallest absolute Gasteiger partial charge is 0.241 e. The van der Waals surface area contributed by atoms with Crippen LogP contribution >= 0.6 is 0 Å². The van der Waals surface area contributed by atoms with Gasteiger partial charge >= 0.3 is 0 Å². The molecular weight excluding hydrogens is 302 g/mol. The Bertz CT molecular complexity index is 549. The number of benzene rings is 1. The Morgan fingerprint density at radius 1 is 1.25 bits per heavy atom. The highest BCUT2D eigenvalue weighted by Crippen LogP contribution is 2.25. The monoisotopic (exact) mass is 331 g/mol. The number of rotatable bonds is 4. The summed E-state index contributed by atoms with van der Waals surface area (Å²) in [5.41, 5.74) is 8.17. The molecule has 0 saturated carbocycles. The predicted octanol–water partition coefficient (Wildman–Crippen LogP) is 2.62. The fourth-order valence-corrected chi connectivity index (χ4v) is 3.56. The van der Waals surface area contributed by atoms with Gasteiger partial charge in [-0.25, -0.2) is 0 Å². The number of nitrogens with zero attached hydrogens (tertiary/aromatic N) is 1. The average molecular weight is 331 g/mol. The summed E-state index contributed by atoms with van der Waals surface area (Å²) in [6.07, 6.45) is 4.18. The first-order valence-corrected chi connectivity index (χ1v) is 9.12. The van der Waals surface area contributed by atoms with Crippen molar-refractivity contribution in [2.75, 3.05) is 36.5 Å². The minimum Gasteiger partial charge on any atom is -0.381 e. The molecule has 3 N–H and O–H groups in total. The first-order valence-electron chi connectivity index (χ1n) is 9.12. The van der Waals surface area contributed by atoms with E-state index in [2.05, 4.69) is 29.3 Å². The number of carbonyl (C=O) groups excluding carboxylic acids is 1. The van der Waals surface area contributed by atoms with Crippen LogP contribution in [-0.2, 0) is 9.53 Å². The minimum atomic E-state index is -0.464. The van der Waals surface area contributed by atoms with Gasteiger partial charge in [0, 0.05) is 37.7 Å². The van der Waals surface area contributed by atoms with Gasteiger partial charge in [-0.05, 0) is 55.7 Å². The molecule has 0 radical (unpaired) electrons. The van der Waals surface area contributed by atoms with Crippen molar-refractivity contribution in [3.63, 3.8) is 0 Å². The molecule has 0 bridgehead atoms.